The van der Waals surface area contributed by atoms with Gasteiger partial charge in [0.15, 0.2) is 5.78 Å². The van der Waals surface area contributed by atoms with Crippen LogP contribution >= 0.6 is 0 Å². The zero-order chi connectivity index (χ0) is 14.0. The maximum Gasteiger partial charge on any atom is 0.186 e. The molecule has 1 atom stereocenters. The van der Waals surface area contributed by atoms with Crippen molar-refractivity contribution in [3.8, 4) is 0 Å². The van der Waals surface area contributed by atoms with Crippen LogP contribution in [0.1, 0.15) is 49.0 Å². The Hall–Kier alpha value is -1.42. The number of ketones is 1. The van der Waals surface area contributed by atoms with E-state index in [1.165, 1.54) is 12.8 Å². The number of nitrogens with zero attached hydrogens (tertiary/aromatic N) is 2. The molecule has 104 valence electrons. The van der Waals surface area contributed by atoms with Gasteiger partial charge in [-0.3, -0.25) is 9.69 Å². The van der Waals surface area contributed by atoms with Crippen LogP contribution in [-0.4, -0.2) is 34.3 Å². The summed E-state index contributed by atoms with van der Waals surface area (Å²) < 4.78 is 0. The van der Waals surface area contributed by atoms with Crippen molar-refractivity contribution in [3.63, 3.8) is 0 Å². The molecule has 0 aromatic carbocycles. The van der Waals surface area contributed by atoms with Gasteiger partial charge in [-0.25, -0.2) is 4.98 Å². The van der Waals surface area contributed by atoms with Gasteiger partial charge < -0.3 is 5.73 Å². The minimum Gasteiger partial charge on any atom is -0.383 e. The number of carbonyl (C=O) groups excluding carboxylic acids is 1. The van der Waals surface area contributed by atoms with Gasteiger partial charge in [-0.05, 0) is 57.8 Å². The molecule has 0 aliphatic carbocycles. The number of aromatic nitrogens is 1. The van der Waals surface area contributed by atoms with Gasteiger partial charge in [0, 0.05) is 6.20 Å². The summed E-state index contributed by atoms with van der Waals surface area (Å²) >= 11 is 0. The van der Waals surface area contributed by atoms with E-state index in [0.717, 1.165) is 25.1 Å². The molecule has 0 radical (unpaired) electrons. The minimum atomic E-state index is -0.458. The highest BCUT2D eigenvalue weighted by Gasteiger charge is 2.40. The quantitative estimate of drug-likeness (QED) is 0.846. The Kier molecular flexibility index (Phi) is 3.90. The van der Waals surface area contributed by atoms with Crippen LogP contribution in [0.2, 0.25) is 0 Å². The van der Waals surface area contributed by atoms with Gasteiger partial charge in [0.1, 0.15) is 5.82 Å². The second-order valence-electron chi connectivity index (χ2n) is 5.60. The van der Waals surface area contributed by atoms with E-state index in [1.54, 1.807) is 6.20 Å². The van der Waals surface area contributed by atoms with E-state index in [-0.39, 0.29) is 5.78 Å². The number of anilines is 1. The maximum atomic E-state index is 12.9. The zero-order valence-corrected chi connectivity index (χ0v) is 12.1. The number of aryl methyl sites for hydroxylation is 1. The van der Waals surface area contributed by atoms with Gasteiger partial charge in [0.05, 0.1) is 11.1 Å². The number of likely N-dealkylation sites (tertiary alicyclic amines) is 1. The number of rotatable bonds is 4. The monoisotopic (exact) mass is 261 g/mol. The molecule has 1 fully saturated rings. The summed E-state index contributed by atoms with van der Waals surface area (Å²) in [6.07, 6.45) is 4.83. The van der Waals surface area contributed by atoms with Gasteiger partial charge in [-0.2, -0.15) is 0 Å². The van der Waals surface area contributed by atoms with Crippen molar-refractivity contribution in [2.75, 3.05) is 18.8 Å². The molecule has 1 unspecified atom stereocenters. The van der Waals surface area contributed by atoms with E-state index in [1.807, 2.05) is 19.9 Å². The van der Waals surface area contributed by atoms with E-state index in [2.05, 4.69) is 16.8 Å². The summed E-state index contributed by atoms with van der Waals surface area (Å²) in [5.41, 5.74) is 6.97. The van der Waals surface area contributed by atoms with Crippen LogP contribution < -0.4 is 5.73 Å². The lowest BCUT2D eigenvalue weighted by Gasteiger charge is -2.36. The highest BCUT2D eigenvalue weighted by atomic mass is 16.1. The number of nitrogens with two attached hydrogens (primary N) is 1. The Bertz CT molecular complexity index is 480. The lowest BCUT2D eigenvalue weighted by molar-refractivity contribution is 0.0648. The molecule has 4 heteroatoms. The van der Waals surface area contributed by atoms with Crippen molar-refractivity contribution in [2.45, 2.75) is 45.6 Å². The number of carbonyl (C=O) groups is 1. The molecule has 1 aliphatic rings. The van der Waals surface area contributed by atoms with Gasteiger partial charge in [0.2, 0.25) is 0 Å². The average molecular weight is 261 g/mol. The van der Waals surface area contributed by atoms with Gasteiger partial charge in [0.25, 0.3) is 0 Å². The van der Waals surface area contributed by atoms with E-state index < -0.39 is 5.54 Å². The lowest BCUT2D eigenvalue weighted by Crippen LogP contribution is -2.50. The number of pyridine rings is 1. The van der Waals surface area contributed by atoms with Crippen LogP contribution in [0.15, 0.2) is 12.3 Å². The van der Waals surface area contributed by atoms with Gasteiger partial charge in [-0.15, -0.1) is 0 Å². The first-order valence-corrected chi connectivity index (χ1v) is 7.01. The highest BCUT2D eigenvalue weighted by molar-refractivity contribution is 6.06. The van der Waals surface area contributed by atoms with Crippen molar-refractivity contribution in [2.24, 2.45) is 0 Å². The minimum absolute atomic E-state index is 0.102. The van der Waals surface area contributed by atoms with Crippen LogP contribution in [-0.2, 0) is 0 Å². The van der Waals surface area contributed by atoms with Gasteiger partial charge >= 0.3 is 0 Å². The van der Waals surface area contributed by atoms with Crippen LogP contribution in [0, 0.1) is 6.92 Å². The largest absolute Gasteiger partial charge is 0.383 e. The predicted molar refractivity (Wildman–Crippen MR) is 77.2 cm³/mol. The van der Waals surface area contributed by atoms with E-state index >= 15 is 0 Å². The van der Waals surface area contributed by atoms with Crippen molar-refractivity contribution in [1.82, 2.24) is 9.88 Å². The Morgan fingerprint density at radius 2 is 2.11 bits per heavy atom. The van der Waals surface area contributed by atoms with Gasteiger partial charge in [-0.1, -0.05) is 6.92 Å². The summed E-state index contributed by atoms with van der Waals surface area (Å²) in [7, 11) is 0. The SMILES string of the molecule is CCC(C)(C(=O)c1cc(C)cnc1N)N1CCCC1. The van der Waals surface area contributed by atoms with Crippen LogP contribution in [0.5, 0.6) is 0 Å². The third kappa shape index (κ3) is 2.50. The summed E-state index contributed by atoms with van der Waals surface area (Å²) in [5, 5.41) is 0. The number of Topliss-reactive ketones (excluding diaryl/α,β-unsaturated/α-hetero) is 1. The van der Waals surface area contributed by atoms with E-state index in [0.29, 0.717) is 11.4 Å². The zero-order valence-electron chi connectivity index (χ0n) is 12.1. The Labute approximate surface area is 115 Å². The molecule has 19 heavy (non-hydrogen) atoms. The van der Waals surface area contributed by atoms with E-state index in [4.69, 9.17) is 5.73 Å². The maximum absolute atomic E-state index is 12.9. The number of hydrogen-bond donors (Lipinski definition) is 1. The topological polar surface area (TPSA) is 59.2 Å². The highest BCUT2D eigenvalue weighted by Crippen LogP contribution is 2.29. The smallest absolute Gasteiger partial charge is 0.186 e. The Balaban J connectivity index is 2.37. The molecule has 1 saturated heterocycles. The number of nitrogen functional groups attached to an aromatic ring is 1. The van der Waals surface area contributed by atoms with Crippen LogP contribution in [0.4, 0.5) is 5.82 Å². The third-order valence-electron chi connectivity index (χ3n) is 4.28. The summed E-state index contributed by atoms with van der Waals surface area (Å²) in [6, 6.07) is 1.86. The molecule has 1 aliphatic heterocycles. The van der Waals surface area contributed by atoms with E-state index in [9.17, 15) is 4.79 Å². The second-order valence-corrected chi connectivity index (χ2v) is 5.60. The summed E-state index contributed by atoms with van der Waals surface area (Å²) in [4.78, 5) is 19.3. The van der Waals surface area contributed by atoms with Crippen molar-refractivity contribution < 1.29 is 4.79 Å². The fourth-order valence-corrected chi connectivity index (χ4v) is 2.79. The molecule has 0 amide bonds. The third-order valence-corrected chi connectivity index (χ3v) is 4.28. The van der Waals surface area contributed by atoms with Crippen molar-refractivity contribution >= 4 is 11.6 Å². The molecule has 0 spiro atoms. The number of hydrogen-bond acceptors (Lipinski definition) is 4. The van der Waals surface area contributed by atoms with Crippen molar-refractivity contribution in [1.29, 1.82) is 0 Å². The molecule has 2 rings (SSSR count). The second kappa shape index (κ2) is 5.29. The first-order valence-electron chi connectivity index (χ1n) is 7.01. The first kappa shape index (κ1) is 14.0. The molecule has 2 heterocycles. The normalized spacial score (nSPS) is 19.3. The van der Waals surface area contributed by atoms with Crippen molar-refractivity contribution in [3.05, 3.63) is 23.4 Å². The molecule has 1 aromatic rings. The average Bonchev–Trinajstić information content (AvgIpc) is 2.94. The summed E-state index contributed by atoms with van der Waals surface area (Å²) in [6.45, 7) is 8.02. The fourth-order valence-electron chi connectivity index (χ4n) is 2.79. The van der Waals surface area contributed by atoms with Crippen LogP contribution in [0.3, 0.4) is 0 Å². The molecule has 0 bridgehead atoms. The molecule has 0 saturated carbocycles. The lowest BCUT2D eigenvalue weighted by atomic mass is 9.87. The molecule has 2 N–H and O–H groups in total. The Morgan fingerprint density at radius 3 is 2.68 bits per heavy atom. The van der Waals surface area contributed by atoms with Crippen LogP contribution in [0.25, 0.3) is 0 Å². The predicted octanol–water partition coefficient (Wildman–Crippen LogP) is 2.42. The molecular weight excluding hydrogens is 238 g/mol. The molecule has 4 nitrogen and oxygen atoms in total. The Morgan fingerprint density at radius 1 is 1.47 bits per heavy atom. The molecular formula is C15H23N3O. The molecule has 1 aromatic heterocycles. The summed E-state index contributed by atoms with van der Waals surface area (Å²) in [5.74, 6) is 0.445. The standard InChI is InChI=1S/C15H23N3O/c1-4-15(3,18-7-5-6-8-18)13(19)12-9-11(2)10-17-14(12)16/h9-10H,4-8H2,1-3H3,(H2,16,17). The first-order chi connectivity index (χ1) is 8.99. The fraction of sp³-hybridized carbons (Fsp3) is 0.600.